The smallest absolute Gasteiger partial charge is 0.254 e. The molecule has 3 rings (SSSR count). The number of nitrogens with zero attached hydrogens (tertiary/aromatic N) is 2. The molecule has 1 amide bonds. The molecule has 0 spiro atoms. The van der Waals surface area contributed by atoms with E-state index in [-0.39, 0.29) is 5.91 Å². The summed E-state index contributed by atoms with van der Waals surface area (Å²) in [5, 5.41) is 1.58. The largest absolute Gasteiger partial charge is 0.339 e. The van der Waals surface area contributed by atoms with E-state index in [1.165, 1.54) is 0 Å². The van der Waals surface area contributed by atoms with E-state index in [0.29, 0.717) is 10.6 Å². The van der Waals surface area contributed by atoms with Gasteiger partial charge in [-0.25, -0.2) is 4.98 Å². The third-order valence-corrected chi connectivity index (χ3v) is 4.61. The summed E-state index contributed by atoms with van der Waals surface area (Å²) in [4.78, 5) is 19.9. The molecule has 0 fully saturated rings. The Labute approximate surface area is 159 Å². The molecular weight excluding hydrogens is 344 g/mol. The van der Waals surface area contributed by atoms with Crippen LogP contribution in [0.25, 0.3) is 22.2 Å². The lowest BCUT2D eigenvalue weighted by atomic mass is 10.0. The molecule has 0 radical (unpaired) electrons. The number of benzene rings is 2. The molecule has 0 aliphatic carbocycles. The van der Waals surface area contributed by atoms with Crippen molar-refractivity contribution in [2.24, 2.45) is 0 Å². The third-order valence-electron chi connectivity index (χ3n) is 4.36. The second-order valence-corrected chi connectivity index (χ2v) is 6.81. The lowest BCUT2D eigenvalue weighted by Gasteiger charge is -2.22. The zero-order valence-electron chi connectivity index (χ0n) is 15.2. The summed E-state index contributed by atoms with van der Waals surface area (Å²) in [6.45, 7) is 5.72. The van der Waals surface area contributed by atoms with Crippen LogP contribution in [0.2, 0.25) is 5.02 Å². The zero-order chi connectivity index (χ0) is 18.5. The van der Waals surface area contributed by atoms with Crippen molar-refractivity contribution in [2.75, 3.05) is 13.1 Å². The Morgan fingerprint density at radius 1 is 1.00 bits per heavy atom. The average molecular weight is 367 g/mol. The topological polar surface area (TPSA) is 33.2 Å². The predicted molar refractivity (Wildman–Crippen MR) is 109 cm³/mol. The zero-order valence-corrected chi connectivity index (χ0v) is 16.0. The number of rotatable bonds is 6. The quantitative estimate of drug-likeness (QED) is 0.550. The predicted octanol–water partition coefficient (Wildman–Crippen LogP) is 5.82. The highest BCUT2D eigenvalue weighted by molar-refractivity contribution is 6.30. The van der Waals surface area contributed by atoms with Gasteiger partial charge in [0.25, 0.3) is 5.91 Å². The van der Waals surface area contributed by atoms with E-state index in [1.54, 1.807) is 0 Å². The molecule has 0 atom stereocenters. The summed E-state index contributed by atoms with van der Waals surface area (Å²) in [6.07, 6.45) is 1.89. The van der Waals surface area contributed by atoms with E-state index in [9.17, 15) is 4.79 Å². The molecule has 0 N–H and O–H groups in total. The second-order valence-electron chi connectivity index (χ2n) is 6.37. The van der Waals surface area contributed by atoms with Crippen molar-refractivity contribution in [3.63, 3.8) is 0 Å². The summed E-state index contributed by atoms with van der Waals surface area (Å²) in [7, 11) is 0. The monoisotopic (exact) mass is 366 g/mol. The standard InChI is InChI=1S/C22H23ClN2O/c1-3-13-25(14-4-2)22(26)19-15-21(16-9-11-17(23)12-10-16)24-20-8-6-5-7-18(19)20/h5-12,15H,3-4,13-14H2,1-2H3. The number of pyridine rings is 1. The van der Waals surface area contributed by atoms with Crippen molar-refractivity contribution in [1.29, 1.82) is 0 Å². The van der Waals surface area contributed by atoms with E-state index < -0.39 is 0 Å². The minimum absolute atomic E-state index is 0.0718. The number of hydrogen-bond acceptors (Lipinski definition) is 2. The maximum Gasteiger partial charge on any atom is 0.254 e. The minimum atomic E-state index is 0.0718. The van der Waals surface area contributed by atoms with Crippen LogP contribution in [0.3, 0.4) is 0 Å². The molecule has 0 aliphatic heterocycles. The first kappa shape index (κ1) is 18.4. The molecule has 0 saturated carbocycles. The van der Waals surface area contributed by atoms with Crippen molar-refractivity contribution < 1.29 is 4.79 Å². The first-order valence-electron chi connectivity index (χ1n) is 9.09. The Hall–Kier alpha value is -2.39. The van der Waals surface area contributed by atoms with Gasteiger partial charge in [-0.3, -0.25) is 4.79 Å². The van der Waals surface area contributed by atoms with Gasteiger partial charge in [0.1, 0.15) is 0 Å². The molecule has 3 aromatic rings. The molecule has 4 heteroatoms. The van der Waals surface area contributed by atoms with Gasteiger partial charge in [-0.2, -0.15) is 0 Å². The van der Waals surface area contributed by atoms with Gasteiger partial charge in [0.15, 0.2) is 0 Å². The lowest BCUT2D eigenvalue weighted by Crippen LogP contribution is -2.32. The molecule has 2 aromatic carbocycles. The molecule has 0 aliphatic rings. The number of carbonyl (C=O) groups excluding carboxylic acids is 1. The van der Waals surface area contributed by atoms with Gasteiger partial charge >= 0.3 is 0 Å². The lowest BCUT2D eigenvalue weighted by molar-refractivity contribution is 0.0757. The van der Waals surface area contributed by atoms with Gasteiger partial charge in [0.05, 0.1) is 16.8 Å². The van der Waals surface area contributed by atoms with Crippen molar-refractivity contribution in [3.8, 4) is 11.3 Å². The van der Waals surface area contributed by atoms with E-state index in [2.05, 4.69) is 13.8 Å². The van der Waals surface area contributed by atoms with Crippen LogP contribution in [-0.2, 0) is 0 Å². The van der Waals surface area contributed by atoms with Crippen LogP contribution in [0.4, 0.5) is 0 Å². The fraction of sp³-hybridized carbons (Fsp3) is 0.273. The number of hydrogen-bond donors (Lipinski definition) is 0. The van der Waals surface area contributed by atoms with E-state index in [4.69, 9.17) is 16.6 Å². The summed E-state index contributed by atoms with van der Waals surface area (Å²) in [5.41, 5.74) is 3.28. The van der Waals surface area contributed by atoms with E-state index in [1.807, 2.05) is 59.5 Å². The highest BCUT2D eigenvalue weighted by Gasteiger charge is 2.19. The molecular formula is C22H23ClN2O. The number of para-hydroxylation sites is 1. The van der Waals surface area contributed by atoms with Crippen molar-refractivity contribution in [3.05, 3.63) is 65.2 Å². The molecule has 0 unspecified atom stereocenters. The summed E-state index contributed by atoms with van der Waals surface area (Å²) >= 11 is 6.01. The van der Waals surface area contributed by atoms with Gasteiger partial charge in [-0.05, 0) is 37.1 Å². The Morgan fingerprint density at radius 3 is 2.31 bits per heavy atom. The van der Waals surface area contributed by atoms with Crippen LogP contribution in [0.5, 0.6) is 0 Å². The molecule has 0 saturated heterocycles. The molecule has 134 valence electrons. The number of carbonyl (C=O) groups is 1. The van der Waals surface area contributed by atoms with Crippen LogP contribution >= 0.6 is 11.6 Å². The first-order valence-corrected chi connectivity index (χ1v) is 9.46. The van der Waals surface area contributed by atoms with E-state index in [0.717, 1.165) is 48.1 Å². The minimum Gasteiger partial charge on any atom is -0.339 e. The highest BCUT2D eigenvalue weighted by Crippen LogP contribution is 2.27. The Balaban J connectivity index is 2.13. The maximum absolute atomic E-state index is 13.3. The summed E-state index contributed by atoms with van der Waals surface area (Å²) in [5.74, 6) is 0.0718. The number of fused-ring (bicyclic) bond motifs is 1. The fourth-order valence-corrected chi connectivity index (χ4v) is 3.27. The SMILES string of the molecule is CCCN(CCC)C(=O)c1cc(-c2ccc(Cl)cc2)nc2ccccc12. The number of halogens is 1. The van der Waals surface area contributed by atoms with Crippen LogP contribution in [0.15, 0.2) is 54.6 Å². The van der Waals surface area contributed by atoms with Gasteiger partial charge < -0.3 is 4.90 Å². The molecule has 3 nitrogen and oxygen atoms in total. The Morgan fingerprint density at radius 2 is 1.65 bits per heavy atom. The van der Waals surface area contributed by atoms with Crippen molar-refractivity contribution in [2.45, 2.75) is 26.7 Å². The van der Waals surface area contributed by atoms with Gasteiger partial charge in [-0.15, -0.1) is 0 Å². The maximum atomic E-state index is 13.3. The molecule has 1 aromatic heterocycles. The fourth-order valence-electron chi connectivity index (χ4n) is 3.15. The van der Waals surface area contributed by atoms with Gasteiger partial charge in [-0.1, -0.05) is 55.8 Å². The summed E-state index contributed by atoms with van der Waals surface area (Å²) in [6, 6.07) is 17.3. The van der Waals surface area contributed by atoms with Gasteiger partial charge in [0, 0.05) is 29.1 Å². The van der Waals surface area contributed by atoms with Crippen LogP contribution in [0, 0.1) is 0 Å². The van der Waals surface area contributed by atoms with Crippen LogP contribution in [-0.4, -0.2) is 28.9 Å². The third kappa shape index (κ3) is 3.88. The molecule has 0 bridgehead atoms. The Kier molecular flexibility index (Phi) is 5.89. The Bertz CT molecular complexity index is 900. The number of amides is 1. The normalized spacial score (nSPS) is 10.9. The van der Waals surface area contributed by atoms with Crippen molar-refractivity contribution in [1.82, 2.24) is 9.88 Å². The first-order chi connectivity index (χ1) is 12.6. The van der Waals surface area contributed by atoms with Gasteiger partial charge in [0.2, 0.25) is 0 Å². The summed E-state index contributed by atoms with van der Waals surface area (Å²) < 4.78 is 0. The van der Waals surface area contributed by atoms with Crippen LogP contribution in [0.1, 0.15) is 37.0 Å². The average Bonchev–Trinajstić information content (AvgIpc) is 2.67. The highest BCUT2D eigenvalue weighted by atomic mass is 35.5. The molecule has 26 heavy (non-hydrogen) atoms. The second kappa shape index (κ2) is 8.33. The molecule has 1 heterocycles. The number of aromatic nitrogens is 1. The van der Waals surface area contributed by atoms with E-state index >= 15 is 0 Å². The van der Waals surface area contributed by atoms with Crippen LogP contribution < -0.4 is 0 Å². The van der Waals surface area contributed by atoms with Crippen molar-refractivity contribution >= 4 is 28.4 Å².